The van der Waals surface area contributed by atoms with Crippen molar-refractivity contribution in [3.8, 4) is 0 Å². The van der Waals surface area contributed by atoms with Crippen molar-refractivity contribution in [3.05, 3.63) is 18.7 Å². The molecular formula is C17H30N6O. The van der Waals surface area contributed by atoms with E-state index >= 15 is 0 Å². The van der Waals surface area contributed by atoms with Crippen molar-refractivity contribution < 1.29 is 4.79 Å². The molecule has 2 N–H and O–H groups in total. The Morgan fingerprint density at radius 1 is 1.33 bits per heavy atom. The second kappa shape index (κ2) is 8.70. The molecular weight excluding hydrogens is 304 g/mol. The average molecular weight is 334 g/mol. The van der Waals surface area contributed by atoms with Gasteiger partial charge in [0.05, 0.1) is 18.3 Å². The van der Waals surface area contributed by atoms with E-state index in [1.807, 2.05) is 31.8 Å². The molecule has 0 bridgehead atoms. The third-order valence-corrected chi connectivity index (χ3v) is 4.53. The van der Waals surface area contributed by atoms with Gasteiger partial charge in [0.25, 0.3) is 0 Å². The molecule has 0 saturated heterocycles. The van der Waals surface area contributed by atoms with E-state index in [0.717, 1.165) is 51.3 Å². The molecule has 0 aliphatic heterocycles. The minimum absolute atomic E-state index is 0.206. The normalized spacial score (nSPS) is 16.9. The van der Waals surface area contributed by atoms with E-state index in [1.165, 1.54) is 0 Å². The first-order valence-corrected chi connectivity index (χ1v) is 8.77. The second-order valence-electron chi connectivity index (χ2n) is 6.61. The number of guanidine groups is 1. The van der Waals surface area contributed by atoms with E-state index in [4.69, 9.17) is 4.99 Å². The molecule has 0 radical (unpaired) electrons. The number of imidazole rings is 1. The smallest absolute Gasteiger partial charge is 0.230 e. The summed E-state index contributed by atoms with van der Waals surface area (Å²) in [6, 6.07) is 0. The molecule has 0 aromatic carbocycles. The maximum Gasteiger partial charge on any atom is 0.230 e. The minimum atomic E-state index is -0.323. The Hall–Kier alpha value is -2.05. The van der Waals surface area contributed by atoms with Crippen LogP contribution in [0.1, 0.15) is 32.6 Å². The Kier molecular flexibility index (Phi) is 6.63. The molecule has 1 aromatic rings. The lowest BCUT2D eigenvalue weighted by Gasteiger charge is -2.29. The van der Waals surface area contributed by atoms with E-state index in [-0.39, 0.29) is 11.3 Å². The van der Waals surface area contributed by atoms with E-state index < -0.39 is 0 Å². The van der Waals surface area contributed by atoms with Crippen LogP contribution in [0.4, 0.5) is 0 Å². The highest BCUT2D eigenvalue weighted by Gasteiger charge is 2.41. The molecule has 0 unspecified atom stereocenters. The van der Waals surface area contributed by atoms with Gasteiger partial charge in [0, 0.05) is 46.1 Å². The van der Waals surface area contributed by atoms with Crippen LogP contribution in [-0.2, 0) is 11.3 Å². The molecule has 1 saturated carbocycles. The maximum atomic E-state index is 12.6. The van der Waals surface area contributed by atoms with E-state index in [1.54, 1.807) is 17.4 Å². The second-order valence-corrected chi connectivity index (χ2v) is 6.61. The summed E-state index contributed by atoms with van der Waals surface area (Å²) in [5, 5.41) is 6.59. The van der Waals surface area contributed by atoms with Crippen LogP contribution in [0.3, 0.4) is 0 Å². The fourth-order valence-electron chi connectivity index (χ4n) is 3.26. The molecule has 7 heteroatoms. The molecule has 24 heavy (non-hydrogen) atoms. The lowest BCUT2D eigenvalue weighted by molar-refractivity contribution is -0.138. The lowest BCUT2D eigenvalue weighted by atomic mass is 9.85. The highest BCUT2D eigenvalue weighted by Crippen LogP contribution is 2.39. The first-order chi connectivity index (χ1) is 11.6. The predicted octanol–water partition coefficient (Wildman–Crippen LogP) is 1.09. The predicted molar refractivity (Wildman–Crippen MR) is 95.8 cm³/mol. The van der Waals surface area contributed by atoms with Gasteiger partial charge >= 0.3 is 0 Å². The standard InChI is InChI=1S/C17H30N6O/c1-4-19-16(20-10-12-23-11-9-18-14-23)21-13-17(7-5-6-8-17)15(24)22(2)3/h9,11,14H,4-8,10,12-13H2,1-3H3,(H2,19,20,21). The summed E-state index contributed by atoms with van der Waals surface area (Å²) < 4.78 is 2.02. The van der Waals surface area contributed by atoms with E-state index in [2.05, 4.69) is 15.6 Å². The molecule has 1 aromatic heterocycles. The number of nitrogens with one attached hydrogen (secondary N) is 2. The third-order valence-electron chi connectivity index (χ3n) is 4.53. The molecule has 7 nitrogen and oxygen atoms in total. The van der Waals surface area contributed by atoms with Gasteiger partial charge in [-0.25, -0.2) is 4.98 Å². The first-order valence-electron chi connectivity index (χ1n) is 8.77. The average Bonchev–Trinajstić information content (AvgIpc) is 3.24. The van der Waals surface area contributed by atoms with Crippen molar-refractivity contribution in [2.24, 2.45) is 10.4 Å². The molecule has 134 valence electrons. The van der Waals surface area contributed by atoms with Gasteiger partial charge < -0.3 is 20.1 Å². The third kappa shape index (κ3) is 4.72. The number of rotatable bonds is 7. The zero-order valence-corrected chi connectivity index (χ0v) is 15.1. The monoisotopic (exact) mass is 334 g/mol. The van der Waals surface area contributed by atoms with Crippen LogP contribution in [0.15, 0.2) is 23.7 Å². The summed E-state index contributed by atoms with van der Waals surface area (Å²) >= 11 is 0. The van der Waals surface area contributed by atoms with Gasteiger partial charge in [-0.1, -0.05) is 12.8 Å². The minimum Gasteiger partial charge on any atom is -0.357 e. The van der Waals surface area contributed by atoms with Crippen molar-refractivity contribution >= 4 is 11.9 Å². The van der Waals surface area contributed by atoms with Crippen LogP contribution in [0.5, 0.6) is 0 Å². The summed E-state index contributed by atoms with van der Waals surface area (Å²) in [7, 11) is 3.67. The maximum absolute atomic E-state index is 12.6. The van der Waals surface area contributed by atoms with Crippen LogP contribution >= 0.6 is 0 Å². The van der Waals surface area contributed by atoms with Gasteiger partial charge in [-0.3, -0.25) is 9.79 Å². The molecule has 1 heterocycles. The summed E-state index contributed by atoms with van der Waals surface area (Å²) in [6.45, 7) is 4.97. The lowest BCUT2D eigenvalue weighted by Crippen LogP contribution is -2.43. The number of carbonyl (C=O) groups is 1. The number of nitrogens with zero attached hydrogens (tertiary/aromatic N) is 4. The van der Waals surface area contributed by atoms with Gasteiger partial charge in [-0.15, -0.1) is 0 Å². The van der Waals surface area contributed by atoms with Gasteiger partial charge in [0.2, 0.25) is 5.91 Å². The van der Waals surface area contributed by atoms with Crippen LogP contribution in [0, 0.1) is 5.41 Å². The SMILES string of the molecule is CCNC(=NCC1(C(=O)N(C)C)CCCC1)NCCn1ccnc1. The summed E-state index contributed by atoms with van der Waals surface area (Å²) in [5.74, 6) is 0.980. The molecule has 1 amide bonds. The molecule has 1 aliphatic rings. The Balaban J connectivity index is 1.96. The zero-order valence-electron chi connectivity index (χ0n) is 15.1. The number of carbonyl (C=O) groups excluding carboxylic acids is 1. The largest absolute Gasteiger partial charge is 0.357 e. The van der Waals surface area contributed by atoms with Gasteiger partial charge in [0.15, 0.2) is 5.96 Å². The fraction of sp³-hybridized carbons (Fsp3) is 0.706. The molecule has 2 rings (SSSR count). The summed E-state index contributed by atoms with van der Waals surface area (Å²) in [5.41, 5.74) is -0.323. The van der Waals surface area contributed by atoms with E-state index in [0.29, 0.717) is 6.54 Å². The van der Waals surface area contributed by atoms with E-state index in [9.17, 15) is 4.79 Å². The number of aliphatic imine (C=N–C) groups is 1. The number of aromatic nitrogens is 2. The Bertz CT molecular complexity index is 531. The van der Waals surface area contributed by atoms with Gasteiger partial charge in [-0.05, 0) is 19.8 Å². The highest BCUT2D eigenvalue weighted by atomic mass is 16.2. The number of hydrogen-bond donors (Lipinski definition) is 2. The number of amides is 1. The quantitative estimate of drug-likeness (QED) is 0.578. The van der Waals surface area contributed by atoms with Crippen molar-refractivity contribution in [1.82, 2.24) is 25.1 Å². The summed E-state index contributed by atoms with van der Waals surface area (Å²) in [4.78, 5) is 23.1. The van der Waals surface area contributed by atoms with Crippen LogP contribution in [0.2, 0.25) is 0 Å². The Morgan fingerprint density at radius 3 is 2.67 bits per heavy atom. The van der Waals surface area contributed by atoms with Crippen molar-refractivity contribution in [3.63, 3.8) is 0 Å². The zero-order chi connectivity index (χ0) is 17.4. The van der Waals surface area contributed by atoms with Gasteiger partial charge in [0.1, 0.15) is 0 Å². The van der Waals surface area contributed by atoms with Crippen molar-refractivity contribution in [1.29, 1.82) is 0 Å². The van der Waals surface area contributed by atoms with Crippen LogP contribution in [-0.4, -0.2) is 60.0 Å². The Morgan fingerprint density at radius 2 is 2.08 bits per heavy atom. The molecule has 0 spiro atoms. The molecule has 1 aliphatic carbocycles. The fourth-order valence-corrected chi connectivity index (χ4v) is 3.26. The molecule has 1 fully saturated rings. The van der Waals surface area contributed by atoms with Gasteiger partial charge in [-0.2, -0.15) is 0 Å². The number of hydrogen-bond acceptors (Lipinski definition) is 3. The molecule has 0 atom stereocenters. The van der Waals surface area contributed by atoms with Crippen molar-refractivity contribution in [2.45, 2.75) is 39.2 Å². The first kappa shape index (κ1) is 18.3. The van der Waals surface area contributed by atoms with Crippen LogP contribution in [0.25, 0.3) is 0 Å². The highest BCUT2D eigenvalue weighted by molar-refractivity contribution is 5.84. The summed E-state index contributed by atoms with van der Waals surface area (Å²) in [6.07, 6.45) is 9.60. The Labute approximate surface area is 144 Å². The van der Waals surface area contributed by atoms with Crippen molar-refractivity contribution in [2.75, 3.05) is 33.7 Å². The topological polar surface area (TPSA) is 74.6 Å². The van der Waals surface area contributed by atoms with Crippen LogP contribution < -0.4 is 10.6 Å².